The summed E-state index contributed by atoms with van der Waals surface area (Å²) in [6, 6.07) is 18.7. The van der Waals surface area contributed by atoms with Crippen LogP contribution in [-0.4, -0.2) is 57.4 Å². The number of aliphatic imine (C=N–C) groups is 1. The summed E-state index contributed by atoms with van der Waals surface area (Å²) in [5, 5.41) is 6.70. The number of guanidine groups is 1. The Kier molecular flexibility index (Phi) is 9.67. The van der Waals surface area contributed by atoms with E-state index in [1.54, 1.807) is 14.2 Å². The first-order valence-corrected chi connectivity index (χ1v) is 11.2. The van der Waals surface area contributed by atoms with Crippen molar-refractivity contribution in [1.29, 1.82) is 0 Å². The molecule has 2 aromatic rings. The fourth-order valence-electron chi connectivity index (χ4n) is 3.85. The molecule has 0 unspecified atom stereocenters. The second-order valence-electron chi connectivity index (χ2n) is 7.85. The Morgan fingerprint density at radius 1 is 1.03 bits per heavy atom. The third kappa shape index (κ3) is 7.89. The molecular weight excluding hydrogens is 388 g/mol. The van der Waals surface area contributed by atoms with Crippen molar-refractivity contribution in [3.05, 3.63) is 65.7 Å². The molecule has 31 heavy (non-hydrogen) atoms. The van der Waals surface area contributed by atoms with Gasteiger partial charge in [0.1, 0.15) is 5.75 Å². The minimum atomic E-state index is 0.384. The highest BCUT2D eigenvalue weighted by Gasteiger charge is 2.19. The Balaban J connectivity index is 1.26. The summed E-state index contributed by atoms with van der Waals surface area (Å²) in [5.41, 5.74) is 2.50. The van der Waals surface area contributed by atoms with Crippen LogP contribution in [0.15, 0.2) is 59.6 Å². The van der Waals surface area contributed by atoms with Crippen LogP contribution in [-0.2, 0) is 17.8 Å². The van der Waals surface area contributed by atoms with Crippen LogP contribution >= 0.6 is 0 Å². The highest BCUT2D eigenvalue weighted by Crippen LogP contribution is 2.17. The average molecular weight is 425 g/mol. The number of rotatable bonds is 10. The van der Waals surface area contributed by atoms with E-state index in [0.717, 1.165) is 69.3 Å². The van der Waals surface area contributed by atoms with Crippen LogP contribution < -0.4 is 15.4 Å². The molecule has 1 heterocycles. The number of benzene rings is 2. The van der Waals surface area contributed by atoms with Crippen LogP contribution in [0.1, 0.15) is 30.4 Å². The van der Waals surface area contributed by atoms with Crippen molar-refractivity contribution in [3.8, 4) is 5.75 Å². The van der Waals surface area contributed by atoms with E-state index in [1.807, 2.05) is 18.2 Å². The average Bonchev–Trinajstić information content (AvgIpc) is 2.82. The van der Waals surface area contributed by atoms with E-state index in [4.69, 9.17) is 9.47 Å². The third-order valence-electron chi connectivity index (χ3n) is 5.61. The molecule has 2 N–H and O–H groups in total. The molecule has 1 fully saturated rings. The Hall–Kier alpha value is -2.57. The maximum absolute atomic E-state index is 6.11. The quantitative estimate of drug-likeness (QED) is 0.348. The lowest BCUT2D eigenvalue weighted by Gasteiger charge is -2.32. The molecular formula is C25H36N4O2. The topological polar surface area (TPSA) is 58.1 Å². The van der Waals surface area contributed by atoms with Crippen molar-refractivity contribution in [2.45, 2.75) is 38.5 Å². The van der Waals surface area contributed by atoms with Gasteiger partial charge in [0.2, 0.25) is 0 Å². The zero-order valence-electron chi connectivity index (χ0n) is 18.8. The SMILES string of the molecule is CN=C(NCCCOC1CCN(Cc2ccccc2)CC1)NCc1ccccc1OC. The normalized spacial score (nSPS) is 15.6. The molecule has 1 aliphatic heterocycles. The lowest BCUT2D eigenvalue weighted by Crippen LogP contribution is -2.38. The number of nitrogens with zero attached hydrogens (tertiary/aromatic N) is 2. The van der Waals surface area contributed by atoms with Gasteiger partial charge < -0.3 is 20.1 Å². The number of piperidine rings is 1. The molecule has 1 saturated heterocycles. The Morgan fingerprint density at radius 2 is 1.77 bits per heavy atom. The minimum absolute atomic E-state index is 0.384. The summed E-state index contributed by atoms with van der Waals surface area (Å²) >= 11 is 0. The van der Waals surface area contributed by atoms with E-state index in [2.05, 4.69) is 56.9 Å². The van der Waals surface area contributed by atoms with Crippen molar-refractivity contribution >= 4 is 5.96 Å². The van der Waals surface area contributed by atoms with Gasteiger partial charge in [0.15, 0.2) is 5.96 Å². The zero-order chi connectivity index (χ0) is 21.7. The summed E-state index contributed by atoms with van der Waals surface area (Å²) in [4.78, 5) is 6.82. The number of hydrogen-bond acceptors (Lipinski definition) is 4. The molecule has 0 amide bonds. The largest absolute Gasteiger partial charge is 0.496 e. The van der Waals surface area contributed by atoms with E-state index in [1.165, 1.54) is 5.56 Å². The van der Waals surface area contributed by atoms with Gasteiger partial charge >= 0.3 is 0 Å². The summed E-state index contributed by atoms with van der Waals surface area (Å²) in [7, 11) is 3.48. The molecule has 0 radical (unpaired) electrons. The van der Waals surface area contributed by atoms with Gasteiger partial charge in [0, 0.05) is 51.9 Å². The molecule has 168 valence electrons. The van der Waals surface area contributed by atoms with E-state index < -0.39 is 0 Å². The monoisotopic (exact) mass is 424 g/mol. The van der Waals surface area contributed by atoms with Gasteiger partial charge in [-0.2, -0.15) is 0 Å². The van der Waals surface area contributed by atoms with E-state index in [0.29, 0.717) is 12.6 Å². The lowest BCUT2D eigenvalue weighted by molar-refractivity contribution is 0.00534. The van der Waals surface area contributed by atoms with Crippen LogP contribution in [0.5, 0.6) is 5.75 Å². The highest BCUT2D eigenvalue weighted by molar-refractivity contribution is 5.79. The fraction of sp³-hybridized carbons (Fsp3) is 0.480. The van der Waals surface area contributed by atoms with Gasteiger partial charge in [0.25, 0.3) is 0 Å². The maximum Gasteiger partial charge on any atom is 0.191 e. The Labute approximate surface area is 186 Å². The standard InChI is InChI=1S/C25H36N4O2/c1-26-25(28-19-22-11-6-7-12-24(22)30-2)27-15-8-18-31-23-13-16-29(17-14-23)20-21-9-4-3-5-10-21/h3-7,9-12,23H,8,13-20H2,1-2H3,(H2,26,27,28). The van der Waals surface area contributed by atoms with Crippen LogP contribution in [0.25, 0.3) is 0 Å². The Bertz CT molecular complexity index is 789. The number of methoxy groups -OCH3 is 1. The van der Waals surface area contributed by atoms with Gasteiger partial charge in [-0.05, 0) is 30.9 Å². The number of hydrogen-bond donors (Lipinski definition) is 2. The number of para-hydroxylation sites is 1. The molecule has 6 heteroatoms. The second kappa shape index (κ2) is 13.0. The van der Waals surface area contributed by atoms with Crippen LogP contribution in [0.4, 0.5) is 0 Å². The summed E-state index contributed by atoms with van der Waals surface area (Å²) in [5.74, 6) is 1.67. The smallest absolute Gasteiger partial charge is 0.191 e. The van der Waals surface area contributed by atoms with Gasteiger partial charge in [-0.3, -0.25) is 9.89 Å². The Morgan fingerprint density at radius 3 is 2.52 bits per heavy atom. The molecule has 0 spiro atoms. The van der Waals surface area contributed by atoms with Gasteiger partial charge in [-0.1, -0.05) is 48.5 Å². The van der Waals surface area contributed by atoms with Gasteiger partial charge in [0.05, 0.1) is 13.2 Å². The predicted molar refractivity (Wildman–Crippen MR) is 127 cm³/mol. The molecule has 0 aromatic heterocycles. The second-order valence-corrected chi connectivity index (χ2v) is 7.85. The summed E-state index contributed by atoms with van der Waals surface area (Å²) in [6.07, 6.45) is 3.57. The number of likely N-dealkylation sites (tertiary alicyclic amines) is 1. The predicted octanol–water partition coefficient (Wildman–Crippen LogP) is 3.43. The molecule has 0 saturated carbocycles. The molecule has 0 bridgehead atoms. The molecule has 2 aromatic carbocycles. The van der Waals surface area contributed by atoms with Crippen LogP contribution in [0, 0.1) is 0 Å². The first-order chi connectivity index (χ1) is 15.3. The van der Waals surface area contributed by atoms with Crippen molar-refractivity contribution in [3.63, 3.8) is 0 Å². The first kappa shape index (κ1) is 23.1. The molecule has 1 aliphatic rings. The minimum Gasteiger partial charge on any atom is -0.496 e. The van der Waals surface area contributed by atoms with E-state index in [9.17, 15) is 0 Å². The number of nitrogens with one attached hydrogen (secondary N) is 2. The van der Waals surface area contributed by atoms with Crippen molar-refractivity contribution in [2.24, 2.45) is 4.99 Å². The summed E-state index contributed by atoms with van der Waals surface area (Å²) < 4.78 is 11.5. The fourth-order valence-corrected chi connectivity index (χ4v) is 3.85. The molecule has 0 aliphatic carbocycles. The third-order valence-corrected chi connectivity index (χ3v) is 5.61. The molecule has 6 nitrogen and oxygen atoms in total. The zero-order valence-corrected chi connectivity index (χ0v) is 18.8. The number of ether oxygens (including phenoxy) is 2. The van der Waals surface area contributed by atoms with E-state index in [-0.39, 0.29) is 0 Å². The first-order valence-electron chi connectivity index (χ1n) is 11.2. The molecule has 0 atom stereocenters. The maximum atomic E-state index is 6.11. The van der Waals surface area contributed by atoms with Crippen LogP contribution in [0.2, 0.25) is 0 Å². The van der Waals surface area contributed by atoms with Gasteiger partial charge in [-0.25, -0.2) is 0 Å². The van der Waals surface area contributed by atoms with E-state index >= 15 is 0 Å². The van der Waals surface area contributed by atoms with Crippen molar-refractivity contribution < 1.29 is 9.47 Å². The van der Waals surface area contributed by atoms with Crippen molar-refractivity contribution in [1.82, 2.24) is 15.5 Å². The lowest BCUT2D eigenvalue weighted by atomic mass is 10.1. The van der Waals surface area contributed by atoms with Crippen LogP contribution in [0.3, 0.4) is 0 Å². The highest BCUT2D eigenvalue weighted by atomic mass is 16.5. The van der Waals surface area contributed by atoms with Crippen molar-refractivity contribution in [2.75, 3.05) is 40.4 Å². The van der Waals surface area contributed by atoms with Gasteiger partial charge in [-0.15, -0.1) is 0 Å². The summed E-state index contributed by atoms with van der Waals surface area (Å²) in [6.45, 7) is 5.53. The molecule has 3 rings (SSSR count).